The molecular weight excluding hydrogens is 226 g/mol. The highest BCUT2D eigenvalue weighted by Crippen LogP contribution is 2.14. The Bertz CT molecular complexity index is 400. The highest BCUT2D eigenvalue weighted by molar-refractivity contribution is 5.75. The predicted octanol–water partition coefficient (Wildman–Crippen LogP) is 0.756. The maximum Gasteiger partial charge on any atom is 0.433 e. The molecule has 7 nitrogen and oxygen atoms in total. The van der Waals surface area contributed by atoms with Gasteiger partial charge in [-0.2, -0.15) is 0 Å². The lowest BCUT2D eigenvalue weighted by Gasteiger charge is -2.09. The van der Waals surface area contributed by atoms with E-state index in [0.717, 1.165) is 0 Å². The number of rotatable bonds is 6. The van der Waals surface area contributed by atoms with Gasteiger partial charge in [-0.05, 0) is 6.07 Å². The van der Waals surface area contributed by atoms with Gasteiger partial charge in [0, 0.05) is 27.1 Å². The van der Waals surface area contributed by atoms with E-state index in [0.29, 0.717) is 25.3 Å². The Balaban J connectivity index is 2.26. The molecule has 0 saturated heterocycles. The zero-order valence-electron chi connectivity index (χ0n) is 9.80. The Hall–Kier alpha value is -1.89. The van der Waals surface area contributed by atoms with Gasteiger partial charge in [0.25, 0.3) is 0 Å². The van der Waals surface area contributed by atoms with Gasteiger partial charge in [0.15, 0.2) is 0 Å². The fourth-order valence-electron chi connectivity index (χ4n) is 1.19. The van der Waals surface area contributed by atoms with Gasteiger partial charge in [0.1, 0.15) is 10.7 Å². The highest BCUT2D eigenvalue weighted by Gasteiger charge is 2.11. The molecule has 0 unspecified atom stereocenters. The third kappa shape index (κ3) is 4.23. The SMILES string of the molecule is CN(C)C(=O)CCNCc1ccc([N+](=O)[O-])o1. The Morgan fingerprint density at radius 2 is 2.24 bits per heavy atom. The minimum absolute atomic E-state index is 0.0305. The molecule has 94 valence electrons. The Morgan fingerprint density at radius 1 is 1.53 bits per heavy atom. The summed E-state index contributed by atoms with van der Waals surface area (Å²) in [6.45, 7) is 0.875. The number of furan rings is 1. The number of carbonyl (C=O) groups excluding carboxylic acids is 1. The van der Waals surface area contributed by atoms with Gasteiger partial charge in [-0.15, -0.1) is 0 Å². The van der Waals surface area contributed by atoms with Crippen molar-refractivity contribution in [3.05, 3.63) is 28.0 Å². The van der Waals surface area contributed by atoms with Crippen LogP contribution in [0.2, 0.25) is 0 Å². The quantitative estimate of drug-likeness (QED) is 0.451. The molecule has 1 aromatic rings. The van der Waals surface area contributed by atoms with Gasteiger partial charge in [-0.3, -0.25) is 14.9 Å². The number of hydrogen-bond acceptors (Lipinski definition) is 5. The highest BCUT2D eigenvalue weighted by atomic mass is 16.6. The lowest BCUT2D eigenvalue weighted by atomic mass is 10.3. The van der Waals surface area contributed by atoms with Crippen LogP contribution >= 0.6 is 0 Å². The topological polar surface area (TPSA) is 88.6 Å². The van der Waals surface area contributed by atoms with Crippen LogP contribution in [0.3, 0.4) is 0 Å². The van der Waals surface area contributed by atoms with Crippen LogP contribution in [-0.2, 0) is 11.3 Å². The van der Waals surface area contributed by atoms with Crippen molar-refractivity contribution in [2.75, 3.05) is 20.6 Å². The lowest BCUT2D eigenvalue weighted by Crippen LogP contribution is -2.26. The van der Waals surface area contributed by atoms with Gasteiger partial charge in [-0.25, -0.2) is 0 Å². The molecular formula is C10H15N3O4. The van der Waals surface area contributed by atoms with Crippen molar-refractivity contribution in [3.8, 4) is 0 Å². The summed E-state index contributed by atoms with van der Waals surface area (Å²) >= 11 is 0. The van der Waals surface area contributed by atoms with E-state index in [2.05, 4.69) is 5.32 Å². The average Bonchev–Trinajstić information content (AvgIpc) is 2.72. The van der Waals surface area contributed by atoms with Crippen LogP contribution in [0.1, 0.15) is 12.2 Å². The van der Waals surface area contributed by atoms with Crippen molar-refractivity contribution in [2.45, 2.75) is 13.0 Å². The second-order valence-electron chi connectivity index (χ2n) is 3.71. The predicted molar refractivity (Wildman–Crippen MR) is 60.4 cm³/mol. The van der Waals surface area contributed by atoms with E-state index in [1.54, 1.807) is 20.2 Å². The Kier molecular flexibility index (Phi) is 4.65. The van der Waals surface area contributed by atoms with E-state index < -0.39 is 4.92 Å². The van der Waals surface area contributed by atoms with Crippen molar-refractivity contribution in [1.82, 2.24) is 10.2 Å². The summed E-state index contributed by atoms with van der Waals surface area (Å²) in [7, 11) is 3.39. The van der Waals surface area contributed by atoms with Crippen molar-refractivity contribution in [2.24, 2.45) is 0 Å². The molecule has 0 atom stereocenters. The average molecular weight is 241 g/mol. The van der Waals surface area contributed by atoms with Gasteiger partial charge in [-0.1, -0.05) is 0 Å². The first-order valence-corrected chi connectivity index (χ1v) is 5.14. The molecule has 0 fully saturated rings. The molecule has 0 aliphatic rings. The third-order valence-electron chi connectivity index (χ3n) is 2.14. The molecule has 1 rings (SSSR count). The van der Waals surface area contributed by atoms with Gasteiger partial charge in [0.05, 0.1) is 12.6 Å². The van der Waals surface area contributed by atoms with Crippen molar-refractivity contribution in [1.29, 1.82) is 0 Å². The minimum Gasteiger partial charge on any atom is -0.404 e. The van der Waals surface area contributed by atoms with Crippen LogP contribution in [0.5, 0.6) is 0 Å². The molecule has 17 heavy (non-hydrogen) atoms. The van der Waals surface area contributed by atoms with Gasteiger partial charge in [0.2, 0.25) is 5.91 Å². The Morgan fingerprint density at radius 3 is 2.76 bits per heavy atom. The number of nitrogens with one attached hydrogen (secondary N) is 1. The number of amides is 1. The standard InChI is InChI=1S/C10H15N3O4/c1-12(2)9(14)5-6-11-7-8-3-4-10(17-8)13(15)16/h3-4,11H,5-7H2,1-2H3. The largest absolute Gasteiger partial charge is 0.433 e. The van der Waals surface area contributed by atoms with Crippen molar-refractivity contribution < 1.29 is 14.1 Å². The number of nitro groups is 1. The maximum atomic E-state index is 11.2. The summed E-state index contributed by atoms with van der Waals surface area (Å²) in [6.07, 6.45) is 0.385. The normalized spacial score (nSPS) is 10.2. The minimum atomic E-state index is -0.584. The van der Waals surface area contributed by atoms with Crippen LogP contribution < -0.4 is 5.32 Å². The third-order valence-corrected chi connectivity index (χ3v) is 2.14. The van der Waals surface area contributed by atoms with Crippen LogP contribution in [0, 0.1) is 10.1 Å². The number of carbonyl (C=O) groups is 1. The molecule has 1 aromatic heterocycles. The zero-order valence-corrected chi connectivity index (χ0v) is 9.80. The van der Waals surface area contributed by atoms with Crippen molar-refractivity contribution >= 4 is 11.8 Å². The molecule has 0 saturated carbocycles. The summed E-state index contributed by atoms with van der Waals surface area (Å²) in [6, 6.07) is 2.85. The van der Waals surface area contributed by atoms with E-state index >= 15 is 0 Å². The molecule has 0 spiro atoms. The molecule has 1 N–H and O–H groups in total. The van der Waals surface area contributed by atoms with Gasteiger partial charge < -0.3 is 14.6 Å². The number of hydrogen-bond donors (Lipinski definition) is 1. The zero-order chi connectivity index (χ0) is 12.8. The molecule has 0 bridgehead atoms. The van der Waals surface area contributed by atoms with E-state index in [4.69, 9.17) is 4.42 Å². The summed E-state index contributed by atoms with van der Waals surface area (Å²) < 4.78 is 4.94. The second kappa shape index (κ2) is 6.00. The van der Waals surface area contributed by atoms with Crippen molar-refractivity contribution in [3.63, 3.8) is 0 Å². The lowest BCUT2D eigenvalue weighted by molar-refractivity contribution is -0.402. The summed E-state index contributed by atoms with van der Waals surface area (Å²) in [5.74, 6) is 0.239. The van der Waals surface area contributed by atoms with E-state index in [9.17, 15) is 14.9 Å². The monoisotopic (exact) mass is 241 g/mol. The number of nitrogens with zero attached hydrogens (tertiary/aromatic N) is 2. The molecule has 1 amide bonds. The second-order valence-corrected chi connectivity index (χ2v) is 3.71. The smallest absolute Gasteiger partial charge is 0.404 e. The fourth-order valence-corrected chi connectivity index (χ4v) is 1.19. The fraction of sp³-hybridized carbons (Fsp3) is 0.500. The molecule has 0 aliphatic heterocycles. The van der Waals surface area contributed by atoms with E-state index in [1.807, 2.05) is 0 Å². The molecule has 0 aliphatic carbocycles. The molecule has 0 radical (unpaired) electrons. The van der Waals surface area contributed by atoms with E-state index in [1.165, 1.54) is 11.0 Å². The molecule has 0 aromatic carbocycles. The molecule has 1 heterocycles. The first-order chi connectivity index (χ1) is 8.00. The van der Waals surface area contributed by atoms with Crippen LogP contribution in [-0.4, -0.2) is 36.4 Å². The Labute approximate surface area is 98.5 Å². The van der Waals surface area contributed by atoms with E-state index in [-0.39, 0.29) is 11.8 Å². The van der Waals surface area contributed by atoms with Crippen LogP contribution in [0.15, 0.2) is 16.5 Å². The van der Waals surface area contributed by atoms with Crippen LogP contribution in [0.25, 0.3) is 0 Å². The summed E-state index contributed by atoms with van der Waals surface area (Å²) in [5.41, 5.74) is 0. The summed E-state index contributed by atoms with van der Waals surface area (Å²) in [5, 5.41) is 13.3. The first kappa shape index (κ1) is 13.2. The first-order valence-electron chi connectivity index (χ1n) is 5.14. The molecule has 7 heteroatoms. The maximum absolute atomic E-state index is 11.2. The van der Waals surface area contributed by atoms with Gasteiger partial charge >= 0.3 is 5.88 Å². The van der Waals surface area contributed by atoms with Crippen LogP contribution in [0.4, 0.5) is 5.88 Å². The summed E-state index contributed by atoms with van der Waals surface area (Å²) in [4.78, 5) is 22.5.